The summed E-state index contributed by atoms with van der Waals surface area (Å²) in [7, 11) is 0. The lowest BCUT2D eigenvalue weighted by Gasteiger charge is -2.23. The number of carbonyl (C=O) groups is 1. The molecule has 1 aliphatic heterocycles. The lowest BCUT2D eigenvalue weighted by atomic mass is 10.1. The number of hydrogen-bond acceptors (Lipinski definition) is 3. The minimum atomic E-state index is -0.244. The molecule has 2 heterocycles. The number of hydrogen-bond donors (Lipinski definition) is 0. The van der Waals surface area contributed by atoms with Gasteiger partial charge >= 0.3 is 6.09 Å². The largest absolute Gasteiger partial charge is 0.447 e. The van der Waals surface area contributed by atoms with E-state index in [1.807, 2.05) is 75.0 Å². The van der Waals surface area contributed by atoms with Crippen LogP contribution in [0.5, 0.6) is 0 Å². The van der Waals surface area contributed by atoms with Gasteiger partial charge in [0.25, 0.3) is 0 Å². The third-order valence-corrected chi connectivity index (χ3v) is 3.80. The van der Waals surface area contributed by atoms with Crippen molar-refractivity contribution in [1.82, 2.24) is 14.7 Å². The molecule has 130 valence electrons. The maximum atomic E-state index is 12.2. The number of likely N-dealkylation sites (tertiary alicyclic amines) is 1. The van der Waals surface area contributed by atoms with E-state index in [0.29, 0.717) is 0 Å². The zero-order valence-corrected chi connectivity index (χ0v) is 15.0. The monoisotopic (exact) mass is 329 g/mol. The van der Waals surface area contributed by atoms with Crippen LogP contribution in [-0.4, -0.2) is 33.4 Å². The summed E-state index contributed by atoms with van der Waals surface area (Å²) in [4.78, 5) is 14.0. The van der Waals surface area contributed by atoms with Crippen molar-refractivity contribution in [2.45, 2.75) is 52.7 Å². The van der Waals surface area contributed by atoms with Crippen LogP contribution in [0.2, 0.25) is 0 Å². The van der Waals surface area contributed by atoms with E-state index in [4.69, 9.17) is 4.74 Å². The summed E-state index contributed by atoms with van der Waals surface area (Å²) in [5.74, 6) is 0. The van der Waals surface area contributed by atoms with E-state index in [2.05, 4.69) is 5.10 Å². The number of nitrogens with zero attached hydrogens (tertiary/aromatic N) is 3. The number of ether oxygens (including phenoxy) is 1. The maximum absolute atomic E-state index is 12.2. The first-order valence-electron chi connectivity index (χ1n) is 8.73. The van der Waals surface area contributed by atoms with Crippen molar-refractivity contribution in [3.63, 3.8) is 0 Å². The molecule has 1 atom stereocenters. The molecule has 1 aromatic carbocycles. The topological polar surface area (TPSA) is 47.4 Å². The first-order valence-corrected chi connectivity index (χ1v) is 8.73. The van der Waals surface area contributed by atoms with Crippen molar-refractivity contribution < 1.29 is 9.53 Å². The van der Waals surface area contributed by atoms with Crippen LogP contribution in [0, 0.1) is 0 Å². The van der Waals surface area contributed by atoms with Crippen LogP contribution >= 0.6 is 0 Å². The molecule has 1 aromatic heterocycles. The Morgan fingerprint density at radius 2 is 1.92 bits per heavy atom. The van der Waals surface area contributed by atoms with Crippen molar-refractivity contribution in [2.24, 2.45) is 0 Å². The van der Waals surface area contributed by atoms with Crippen LogP contribution in [-0.2, 0) is 4.74 Å². The van der Waals surface area contributed by atoms with Crippen LogP contribution in [0.25, 0.3) is 5.69 Å². The fourth-order valence-corrected chi connectivity index (χ4v) is 2.80. The van der Waals surface area contributed by atoms with Gasteiger partial charge in [-0.25, -0.2) is 9.48 Å². The second kappa shape index (κ2) is 8.52. The number of amides is 1. The predicted octanol–water partition coefficient (Wildman–Crippen LogP) is 4.58. The molecular formula is C19H27N3O2. The van der Waals surface area contributed by atoms with E-state index in [1.165, 1.54) is 0 Å². The molecule has 0 unspecified atom stereocenters. The van der Waals surface area contributed by atoms with E-state index in [-0.39, 0.29) is 18.2 Å². The normalized spacial score (nSPS) is 16.7. The Kier molecular flexibility index (Phi) is 6.41. The molecule has 1 amide bonds. The fraction of sp³-hybridized carbons (Fsp3) is 0.474. The van der Waals surface area contributed by atoms with Crippen molar-refractivity contribution in [3.8, 4) is 5.69 Å². The second-order valence-electron chi connectivity index (χ2n) is 5.80. The molecule has 1 saturated heterocycles. The highest BCUT2D eigenvalue weighted by molar-refractivity contribution is 5.68. The van der Waals surface area contributed by atoms with Gasteiger partial charge in [-0.15, -0.1) is 0 Å². The Labute approximate surface area is 144 Å². The summed E-state index contributed by atoms with van der Waals surface area (Å²) in [6.45, 7) is 8.47. The number of aromatic nitrogens is 2. The standard InChI is InChI=1S/C17H21N3O2.C2H6/c1-13(2)22-17(21)19-11-6-9-16(19)15-10-12-20(18-15)14-7-4-3-5-8-14;1-2/h3-5,7-8,10,12-13,16H,6,9,11H2,1-2H3;1-2H3/t16-;/m0./s1. The summed E-state index contributed by atoms with van der Waals surface area (Å²) in [5, 5.41) is 4.64. The van der Waals surface area contributed by atoms with Gasteiger partial charge in [0.2, 0.25) is 0 Å². The summed E-state index contributed by atoms with van der Waals surface area (Å²) < 4.78 is 7.18. The van der Waals surface area contributed by atoms with Crippen molar-refractivity contribution in [1.29, 1.82) is 0 Å². The minimum absolute atomic E-state index is 0.0104. The average Bonchev–Trinajstić information content (AvgIpc) is 3.26. The van der Waals surface area contributed by atoms with Crippen molar-refractivity contribution >= 4 is 6.09 Å². The molecule has 3 rings (SSSR count). The first-order chi connectivity index (χ1) is 11.6. The van der Waals surface area contributed by atoms with Gasteiger partial charge in [0.15, 0.2) is 0 Å². The molecule has 0 saturated carbocycles. The van der Waals surface area contributed by atoms with Crippen LogP contribution < -0.4 is 0 Å². The van der Waals surface area contributed by atoms with Gasteiger partial charge < -0.3 is 4.74 Å². The van der Waals surface area contributed by atoms with Crippen molar-refractivity contribution in [2.75, 3.05) is 6.54 Å². The Hall–Kier alpha value is -2.30. The Balaban J connectivity index is 0.00000100. The molecule has 0 spiro atoms. The lowest BCUT2D eigenvalue weighted by molar-refractivity contribution is 0.0726. The smallest absolute Gasteiger partial charge is 0.410 e. The van der Waals surface area contributed by atoms with Crippen LogP contribution in [0.4, 0.5) is 4.79 Å². The van der Waals surface area contributed by atoms with E-state index >= 15 is 0 Å². The van der Waals surface area contributed by atoms with E-state index in [1.54, 1.807) is 4.90 Å². The number of rotatable bonds is 3. The Bertz CT molecular complexity index is 637. The van der Waals surface area contributed by atoms with Gasteiger partial charge in [0.1, 0.15) is 0 Å². The molecule has 24 heavy (non-hydrogen) atoms. The lowest BCUT2D eigenvalue weighted by Crippen LogP contribution is -2.33. The summed E-state index contributed by atoms with van der Waals surface area (Å²) in [6, 6.07) is 12.0. The number of para-hydroxylation sites is 1. The molecule has 5 nitrogen and oxygen atoms in total. The number of carbonyl (C=O) groups excluding carboxylic acids is 1. The van der Waals surface area contributed by atoms with Crippen molar-refractivity contribution in [3.05, 3.63) is 48.3 Å². The third kappa shape index (κ3) is 4.16. The molecule has 1 fully saturated rings. The quantitative estimate of drug-likeness (QED) is 0.828. The molecule has 0 aliphatic carbocycles. The van der Waals surface area contributed by atoms with E-state index in [0.717, 1.165) is 30.8 Å². The maximum Gasteiger partial charge on any atom is 0.410 e. The zero-order chi connectivity index (χ0) is 17.5. The Morgan fingerprint density at radius 1 is 1.21 bits per heavy atom. The van der Waals surface area contributed by atoms with Gasteiger partial charge in [0, 0.05) is 12.7 Å². The second-order valence-corrected chi connectivity index (χ2v) is 5.80. The highest BCUT2D eigenvalue weighted by Gasteiger charge is 2.33. The van der Waals surface area contributed by atoms with Gasteiger partial charge in [0.05, 0.1) is 23.5 Å². The first kappa shape index (κ1) is 18.0. The highest BCUT2D eigenvalue weighted by atomic mass is 16.6. The molecule has 0 radical (unpaired) electrons. The summed E-state index contributed by atoms with van der Waals surface area (Å²) in [6.07, 6.45) is 3.51. The highest BCUT2D eigenvalue weighted by Crippen LogP contribution is 2.31. The fourth-order valence-electron chi connectivity index (χ4n) is 2.80. The molecule has 5 heteroatoms. The van der Waals surface area contributed by atoms with Gasteiger partial charge in [-0.3, -0.25) is 4.90 Å². The van der Waals surface area contributed by atoms with Crippen LogP contribution in [0.3, 0.4) is 0 Å². The number of benzene rings is 1. The zero-order valence-electron chi connectivity index (χ0n) is 15.0. The van der Waals surface area contributed by atoms with E-state index in [9.17, 15) is 4.79 Å². The van der Waals surface area contributed by atoms with E-state index < -0.39 is 0 Å². The third-order valence-electron chi connectivity index (χ3n) is 3.80. The predicted molar refractivity (Wildman–Crippen MR) is 95.2 cm³/mol. The van der Waals surface area contributed by atoms with Gasteiger partial charge in [-0.2, -0.15) is 5.10 Å². The van der Waals surface area contributed by atoms with Crippen LogP contribution in [0.1, 0.15) is 52.3 Å². The SMILES string of the molecule is CC.CC(C)OC(=O)N1CCC[C@H]1c1ccn(-c2ccccc2)n1. The summed E-state index contributed by atoms with van der Waals surface area (Å²) >= 11 is 0. The van der Waals surface area contributed by atoms with Gasteiger partial charge in [-0.05, 0) is 44.9 Å². The van der Waals surface area contributed by atoms with Gasteiger partial charge in [-0.1, -0.05) is 32.0 Å². The summed E-state index contributed by atoms with van der Waals surface area (Å²) in [5.41, 5.74) is 1.94. The molecule has 0 N–H and O–H groups in total. The molecule has 0 bridgehead atoms. The average molecular weight is 329 g/mol. The molecule has 1 aliphatic rings. The Morgan fingerprint density at radius 3 is 2.58 bits per heavy atom. The molecular weight excluding hydrogens is 302 g/mol. The molecule has 2 aromatic rings. The minimum Gasteiger partial charge on any atom is -0.447 e. The van der Waals surface area contributed by atoms with Crippen LogP contribution in [0.15, 0.2) is 42.6 Å².